The first-order chi connectivity index (χ1) is 9.47. The van der Waals surface area contributed by atoms with Crippen molar-refractivity contribution in [2.24, 2.45) is 0 Å². The van der Waals surface area contributed by atoms with E-state index >= 15 is 0 Å². The molecular weight excluding hydrogens is 261 g/mol. The molecule has 0 heterocycles. The number of hydrogen-bond donors (Lipinski definition) is 2. The van der Waals surface area contributed by atoms with Gasteiger partial charge in [0.1, 0.15) is 5.82 Å². The molecule has 1 aromatic carbocycles. The Hall–Kier alpha value is -2.17. The second kappa shape index (κ2) is 5.86. The lowest BCUT2D eigenvalue weighted by Crippen LogP contribution is -2.14. The number of allylic oxidation sites excluding steroid dienone is 1. The van der Waals surface area contributed by atoms with E-state index in [1.54, 1.807) is 0 Å². The van der Waals surface area contributed by atoms with Crippen LogP contribution in [0.1, 0.15) is 31.7 Å². The fourth-order valence-electron chi connectivity index (χ4n) is 2.34. The average Bonchev–Trinajstić information content (AvgIpc) is 2.78. The van der Waals surface area contributed by atoms with E-state index < -0.39 is 11.8 Å². The van der Waals surface area contributed by atoms with Crippen LogP contribution < -0.4 is 5.32 Å². The van der Waals surface area contributed by atoms with Gasteiger partial charge in [0, 0.05) is 11.3 Å². The molecule has 106 valence electrons. The molecule has 0 aliphatic heterocycles. The zero-order valence-electron chi connectivity index (χ0n) is 11.2. The summed E-state index contributed by atoms with van der Waals surface area (Å²) >= 11 is 0. The first-order valence-corrected chi connectivity index (χ1v) is 6.47. The summed E-state index contributed by atoms with van der Waals surface area (Å²) in [5, 5.41) is 11.3. The lowest BCUT2D eigenvalue weighted by molar-refractivity contribution is -0.136. The van der Waals surface area contributed by atoms with Crippen molar-refractivity contribution in [3.63, 3.8) is 0 Å². The molecule has 0 atom stereocenters. The molecule has 20 heavy (non-hydrogen) atoms. The quantitative estimate of drug-likeness (QED) is 0.889. The Kier molecular flexibility index (Phi) is 4.17. The minimum Gasteiger partial charge on any atom is -0.481 e. The van der Waals surface area contributed by atoms with Crippen LogP contribution in [0.2, 0.25) is 0 Å². The van der Waals surface area contributed by atoms with Gasteiger partial charge in [-0.15, -0.1) is 0 Å². The van der Waals surface area contributed by atoms with Crippen molar-refractivity contribution in [3.05, 3.63) is 40.7 Å². The highest BCUT2D eigenvalue weighted by Gasteiger charge is 2.18. The summed E-state index contributed by atoms with van der Waals surface area (Å²) in [5.41, 5.74) is 2.28. The van der Waals surface area contributed by atoms with E-state index in [1.165, 1.54) is 12.1 Å². The number of benzene rings is 1. The minimum atomic E-state index is -1.09. The summed E-state index contributed by atoms with van der Waals surface area (Å²) in [6, 6.07) is 4.06. The zero-order chi connectivity index (χ0) is 14.7. The van der Waals surface area contributed by atoms with Crippen molar-refractivity contribution < 1.29 is 19.1 Å². The lowest BCUT2D eigenvalue weighted by atomic mass is 10.1. The van der Waals surface area contributed by atoms with Crippen LogP contribution in [-0.4, -0.2) is 17.0 Å². The summed E-state index contributed by atoms with van der Waals surface area (Å²) in [6.45, 7) is 1.93. The molecule has 5 heteroatoms. The fourth-order valence-corrected chi connectivity index (χ4v) is 2.34. The Balaban J connectivity index is 2.11. The van der Waals surface area contributed by atoms with E-state index in [0.717, 1.165) is 36.5 Å². The molecule has 0 fully saturated rings. The van der Waals surface area contributed by atoms with Crippen molar-refractivity contribution >= 4 is 17.6 Å². The van der Waals surface area contributed by atoms with Gasteiger partial charge in [0.25, 0.3) is 5.91 Å². The number of carbonyl (C=O) groups excluding carboxylic acids is 1. The van der Waals surface area contributed by atoms with Gasteiger partial charge in [0.2, 0.25) is 0 Å². The molecular formula is C15H16FNO3. The third-order valence-corrected chi connectivity index (χ3v) is 3.42. The van der Waals surface area contributed by atoms with Crippen molar-refractivity contribution in [2.45, 2.75) is 32.6 Å². The van der Waals surface area contributed by atoms with Crippen LogP contribution in [0, 0.1) is 5.82 Å². The number of nitrogens with one attached hydrogen (secondary N) is 1. The number of anilines is 1. The van der Waals surface area contributed by atoms with E-state index in [0.29, 0.717) is 5.69 Å². The molecule has 0 saturated heterocycles. The Morgan fingerprint density at radius 1 is 1.35 bits per heavy atom. The smallest absolute Gasteiger partial charge is 0.307 e. The summed E-state index contributed by atoms with van der Waals surface area (Å²) < 4.78 is 13.7. The highest BCUT2D eigenvalue weighted by Crippen LogP contribution is 2.26. The average molecular weight is 277 g/mol. The van der Waals surface area contributed by atoms with Gasteiger partial charge in [-0.1, -0.05) is 11.6 Å². The highest BCUT2D eigenvalue weighted by molar-refractivity contribution is 6.04. The molecule has 1 aliphatic carbocycles. The predicted molar refractivity (Wildman–Crippen MR) is 72.9 cm³/mol. The monoisotopic (exact) mass is 277 g/mol. The van der Waals surface area contributed by atoms with Crippen LogP contribution in [0.25, 0.3) is 0 Å². The number of amides is 1. The van der Waals surface area contributed by atoms with Gasteiger partial charge in [0.05, 0.1) is 6.42 Å². The second-order valence-electron chi connectivity index (χ2n) is 4.94. The summed E-state index contributed by atoms with van der Waals surface area (Å²) in [4.78, 5) is 22.6. The van der Waals surface area contributed by atoms with Crippen LogP contribution in [0.4, 0.5) is 10.1 Å². The molecule has 1 aromatic rings. The van der Waals surface area contributed by atoms with E-state index in [9.17, 15) is 14.0 Å². The molecule has 0 aromatic heterocycles. The van der Waals surface area contributed by atoms with Crippen molar-refractivity contribution in [1.29, 1.82) is 0 Å². The predicted octanol–water partition coefficient (Wildman–Crippen LogP) is 2.89. The minimum absolute atomic E-state index is 0.103. The fraction of sp³-hybridized carbons (Fsp3) is 0.333. The second-order valence-corrected chi connectivity index (χ2v) is 4.94. The zero-order valence-corrected chi connectivity index (χ0v) is 11.2. The molecule has 0 unspecified atom stereocenters. The highest BCUT2D eigenvalue weighted by atomic mass is 19.1. The van der Waals surface area contributed by atoms with Crippen molar-refractivity contribution in [2.75, 3.05) is 5.32 Å². The van der Waals surface area contributed by atoms with Gasteiger partial charge >= 0.3 is 5.97 Å². The standard InChI is InChI=1S/C15H16FNO3/c1-9-3-2-4-12(9)15(20)17-11-6-5-10(7-14(18)19)13(16)8-11/h5-6,8H,2-4,7H2,1H3,(H,17,20)(H,18,19). The summed E-state index contributed by atoms with van der Waals surface area (Å²) in [7, 11) is 0. The van der Waals surface area contributed by atoms with Crippen LogP contribution in [0.3, 0.4) is 0 Å². The van der Waals surface area contributed by atoms with Gasteiger partial charge in [0.15, 0.2) is 0 Å². The maximum atomic E-state index is 13.7. The molecule has 0 spiro atoms. The number of halogens is 1. The van der Waals surface area contributed by atoms with Gasteiger partial charge in [-0.25, -0.2) is 4.39 Å². The van der Waals surface area contributed by atoms with Crippen LogP contribution >= 0.6 is 0 Å². The number of carboxylic acids is 1. The van der Waals surface area contributed by atoms with E-state index in [-0.39, 0.29) is 17.9 Å². The third kappa shape index (κ3) is 3.23. The topological polar surface area (TPSA) is 66.4 Å². The molecule has 0 saturated carbocycles. The Bertz CT molecular complexity index is 593. The number of aliphatic carboxylic acids is 1. The maximum absolute atomic E-state index is 13.7. The van der Waals surface area contributed by atoms with Crippen LogP contribution in [0.5, 0.6) is 0 Å². The number of hydrogen-bond acceptors (Lipinski definition) is 2. The van der Waals surface area contributed by atoms with E-state index in [1.807, 2.05) is 6.92 Å². The SMILES string of the molecule is CC1=C(C(=O)Nc2ccc(CC(=O)O)c(F)c2)CCC1. The van der Waals surface area contributed by atoms with Crippen LogP contribution in [0.15, 0.2) is 29.3 Å². The van der Waals surface area contributed by atoms with E-state index in [2.05, 4.69) is 5.32 Å². The molecule has 1 amide bonds. The molecule has 0 radical (unpaired) electrons. The Morgan fingerprint density at radius 3 is 2.65 bits per heavy atom. The molecule has 0 bridgehead atoms. The van der Waals surface area contributed by atoms with Crippen molar-refractivity contribution in [1.82, 2.24) is 0 Å². The lowest BCUT2D eigenvalue weighted by Gasteiger charge is -2.08. The molecule has 2 rings (SSSR count). The Labute approximate surface area is 116 Å². The maximum Gasteiger partial charge on any atom is 0.307 e. The van der Waals surface area contributed by atoms with E-state index in [4.69, 9.17) is 5.11 Å². The molecule has 4 nitrogen and oxygen atoms in total. The number of carbonyl (C=O) groups is 2. The van der Waals surface area contributed by atoms with Gasteiger partial charge in [-0.05, 0) is 43.9 Å². The normalized spacial score (nSPS) is 14.5. The summed E-state index contributed by atoms with van der Waals surface area (Å²) in [6.07, 6.45) is 2.27. The first-order valence-electron chi connectivity index (χ1n) is 6.47. The first kappa shape index (κ1) is 14.2. The van der Waals surface area contributed by atoms with Crippen molar-refractivity contribution in [3.8, 4) is 0 Å². The number of carboxylic acid groups (broad SMARTS) is 1. The summed E-state index contributed by atoms with van der Waals surface area (Å²) in [5.74, 6) is -1.92. The largest absolute Gasteiger partial charge is 0.481 e. The third-order valence-electron chi connectivity index (χ3n) is 3.42. The molecule has 2 N–H and O–H groups in total. The molecule has 1 aliphatic rings. The van der Waals surface area contributed by atoms with Gasteiger partial charge < -0.3 is 10.4 Å². The van der Waals surface area contributed by atoms with Crippen LogP contribution in [-0.2, 0) is 16.0 Å². The number of rotatable bonds is 4. The van der Waals surface area contributed by atoms with Gasteiger partial charge in [-0.3, -0.25) is 9.59 Å². The Morgan fingerprint density at radius 2 is 2.10 bits per heavy atom. The van der Waals surface area contributed by atoms with Gasteiger partial charge in [-0.2, -0.15) is 0 Å².